The smallest absolute Gasteiger partial charge is 0.408 e. The van der Waals surface area contributed by atoms with E-state index < -0.39 is 29.4 Å². The van der Waals surface area contributed by atoms with Gasteiger partial charge in [0.25, 0.3) is 0 Å². The number of amides is 4. The van der Waals surface area contributed by atoms with Gasteiger partial charge in [0.1, 0.15) is 40.2 Å². The summed E-state index contributed by atoms with van der Waals surface area (Å²) < 4.78 is 23.4. The standard InChI is InChI=1S/C39H51N5O8/c1-23-31(50-30-11-9-10-29(33(23)30)49-27-16-14-26(15-17-27)41-36(47)51-38(2,3)4)22-44(8)32(45)19-12-24-20-25-13-18-28(35(46)43-34(25)40-21-24)42-37(48)52-39(5,6)7/h9-12,19-21,26-28H,13-18,22H2,1-8H3,(H,41,47)(H,42,48)(H,40,43,46)/b19-12+/t26?,27?,28-/m0/s1. The Kier molecular flexibility index (Phi) is 11.5. The highest BCUT2D eigenvalue weighted by Crippen LogP contribution is 2.36. The fourth-order valence-corrected chi connectivity index (χ4v) is 6.28. The molecule has 0 saturated heterocycles. The number of alkyl carbamates (subject to hydrolysis) is 2. The third kappa shape index (κ3) is 10.3. The molecule has 52 heavy (non-hydrogen) atoms. The van der Waals surface area contributed by atoms with Gasteiger partial charge in [0, 0.05) is 30.9 Å². The van der Waals surface area contributed by atoms with Crippen molar-refractivity contribution in [3.8, 4) is 5.75 Å². The van der Waals surface area contributed by atoms with Crippen molar-refractivity contribution in [3.63, 3.8) is 0 Å². The lowest BCUT2D eigenvalue weighted by atomic mass is 9.93. The van der Waals surface area contributed by atoms with Crippen LogP contribution in [-0.2, 0) is 32.0 Å². The number of benzene rings is 1. The van der Waals surface area contributed by atoms with Gasteiger partial charge in [-0.05, 0) is 122 Å². The predicted octanol–water partition coefficient (Wildman–Crippen LogP) is 6.80. The molecule has 1 aliphatic heterocycles. The van der Waals surface area contributed by atoms with Crippen molar-refractivity contribution in [1.82, 2.24) is 20.5 Å². The van der Waals surface area contributed by atoms with Crippen LogP contribution in [0.4, 0.5) is 15.4 Å². The molecule has 0 bridgehead atoms. The summed E-state index contributed by atoms with van der Waals surface area (Å²) in [4.78, 5) is 56.4. The van der Waals surface area contributed by atoms with Crippen LogP contribution in [0.1, 0.15) is 96.1 Å². The van der Waals surface area contributed by atoms with E-state index in [0.29, 0.717) is 35.6 Å². The molecule has 3 aromatic rings. The van der Waals surface area contributed by atoms with Gasteiger partial charge in [0.15, 0.2) is 0 Å². The van der Waals surface area contributed by atoms with Gasteiger partial charge >= 0.3 is 12.2 Å². The summed E-state index contributed by atoms with van der Waals surface area (Å²) in [6.07, 6.45) is 7.73. The highest BCUT2D eigenvalue weighted by atomic mass is 16.6. The third-order valence-electron chi connectivity index (χ3n) is 8.82. The molecule has 1 aliphatic carbocycles. The van der Waals surface area contributed by atoms with Crippen LogP contribution in [0.2, 0.25) is 0 Å². The maximum atomic E-state index is 13.2. The molecule has 3 heterocycles. The van der Waals surface area contributed by atoms with Crippen LogP contribution in [0.3, 0.4) is 0 Å². The Morgan fingerprint density at radius 1 is 1.00 bits per heavy atom. The summed E-state index contributed by atoms with van der Waals surface area (Å²) in [5.41, 5.74) is 1.87. The van der Waals surface area contributed by atoms with Gasteiger partial charge < -0.3 is 39.5 Å². The zero-order valence-corrected chi connectivity index (χ0v) is 31.4. The largest absolute Gasteiger partial charge is 0.490 e. The number of aromatic nitrogens is 1. The average molecular weight is 718 g/mol. The average Bonchev–Trinajstić information content (AvgIpc) is 3.27. The number of nitrogens with zero attached hydrogens (tertiary/aromatic N) is 2. The molecule has 2 aliphatic rings. The van der Waals surface area contributed by atoms with Crippen molar-refractivity contribution < 1.29 is 37.8 Å². The van der Waals surface area contributed by atoms with Crippen LogP contribution in [0.5, 0.6) is 5.75 Å². The monoisotopic (exact) mass is 717 g/mol. The van der Waals surface area contributed by atoms with E-state index in [1.807, 2.05) is 52.0 Å². The number of pyridine rings is 1. The van der Waals surface area contributed by atoms with Crippen LogP contribution < -0.4 is 20.7 Å². The number of nitrogens with one attached hydrogen (secondary N) is 3. The van der Waals surface area contributed by atoms with Crippen molar-refractivity contribution in [3.05, 3.63) is 59.0 Å². The van der Waals surface area contributed by atoms with Crippen molar-refractivity contribution in [1.29, 1.82) is 0 Å². The summed E-state index contributed by atoms with van der Waals surface area (Å²) in [5.74, 6) is 1.23. The highest BCUT2D eigenvalue weighted by Gasteiger charge is 2.29. The number of rotatable bonds is 8. The number of hydrogen-bond acceptors (Lipinski definition) is 9. The maximum absolute atomic E-state index is 13.2. The highest BCUT2D eigenvalue weighted by molar-refractivity contribution is 5.97. The van der Waals surface area contributed by atoms with Crippen molar-refractivity contribution >= 4 is 46.9 Å². The molecule has 2 aromatic heterocycles. The fourth-order valence-electron chi connectivity index (χ4n) is 6.28. The Balaban J connectivity index is 1.17. The Morgan fingerprint density at radius 2 is 1.67 bits per heavy atom. The van der Waals surface area contributed by atoms with Crippen LogP contribution in [-0.4, -0.2) is 70.3 Å². The molecule has 0 spiro atoms. The summed E-state index contributed by atoms with van der Waals surface area (Å²) in [7, 11) is 1.71. The Bertz CT molecular complexity index is 1830. The molecule has 13 heteroatoms. The zero-order chi connectivity index (χ0) is 37.8. The SMILES string of the molecule is Cc1c(CN(C)C(=O)/C=C/c2cnc3c(c2)CC[C@H](NC(=O)OC(C)(C)C)C(=O)N3)oc2cccc(OC3CCC(NC(=O)OC(C)(C)C)CC3)c12. The van der Waals surface area contributed by atoms with Crippen LogP contribution in [0, 0.1) is 6.92 Å². The molecule has 0 radical (unpaired) electrons. The lowest BCUT2D eigenvalue weighted by Crippen LogP contribution is -2.45. The second-order valence-electron chi connectivity index (χ2n) is 15.5. The number of likely N-dealkylation sites (N-methyl/N-ethyl adjacent to an activating group) is 1. The minimum atomic E-state index is -0.766. The Labute approximate surface area is 304 Å². The molecular weight excluding hydrogens is 666 g/mol. The molecular formula is C39H51N5O8. The van der Waals surface area contributed by atoms with E-state index in [2.05, 4.69) is 20.9 Å². The van der Waals surface area contributed by atoms with Crippen LogP contribution >= 0.6 is 0 Å². The van der Waals surface area contributed by atoms with Gasteiger partial charge in [-0.25, -0.2) is 14.6 Å². The van der Waals surface area contributed by atoms with E-state index in [1.165, 1.54) is 6.08 Å². The van der Waals surface area contributed by atoms with E-state index in [4.69, 9.17) is 18.6 Å². The number of ether oxygens (including phenoxy) is 3. The van der Waals surface area contributed by atoms with Crippen molar-refractivity contribution in [2.75, 3.05) is 12.4 Å². The third-order valence-corrected chi connectivity index (χ3v) is 8.82. The number of anilines is 1. The summed E-state index contributed by atoms with van der Waals surface area (Å²) >= 11 is 0. The van der Waals surface area contributed by atoms with E-state index in [9.17, 15) is 19.2 Å². The van der Waals surface area contributed by atoms with Gasteiger partial charge in [-0.2, -0.15) is 0 Å². The second-order valence-corrected chi connectivity index (χ2v) is 15.5. The summed E-state index contributed by atoms with van der Waals surface area (Å²) in [5, 5.41) is 9.27. The molecule has 3 N–H and O–H groups in total. The molecule has 5 rings (SSSR count). The number of fused-ring (bicyclic) bond motifs is 2. The lowest BCUT2D eigenvalue weighted by molar-refractivity contribution is -0.125. The fraction of sp³-hybridized carbons (Fsp3) is 0.513. The number of aryl methyl sites for hydroxylation is 2. The number of carbonyl (C=O) groups excluding carboxylic acids is 4. The van der Waals surface area contributed by atoms with Gasteiger partial charge in [0.05, 0.1) is 18.0 Å². The van der Waals surface area contributed by atoms with Gasteiger partial charge in [-0.1, -0.05) is 6.07 Å². The molecule has 1 saturated carbocycles. The topological polar surface area (TPSA) is 161 Å². The second kappa shape index (κ2) is 15.7. The van der Waals surface area contributed by atoms with E-state index in [1.54, 1.807) is 45.0 Å². The normalized spacial score (nSPS) is 19.3. The minimum Gasteiger partial charge on any atom is -0.490 e. The number of hydrogen-bond donors (Lipinski definition) is 3. The zero-order valence-electron chi connectivity index (χ0n) is 31.4. The molecule has 1 aromatic carbocycles. The summed E-state index contributed by atoms with van der Waals surface area (Å²) in [6.45, 7) is 13.0. The van der Waals surface area contributed by atoms with E-state index in [-0.39, 0.29) is 30.5 Å². The van der Waals surface area contributed by atoms with E-state index >= 15 is 0 Å². The molecule has 280 valence electrons. The number of furan rings is 1. The first-order valence-electron chi connectivity index (χ1n) is 17.8. The maximum Gasteiger partial charge on any atom is 0.408 e. The molecule has 1 atom stereocenters. The lowest BCUT2D eigenvalue weighted by Gasteiger charge is -2.30. The molecule has 4 amide bonds. The quantitative estimate of drug-likeness (QED) is 0.213. The number of carbonyl (C=O) groups is 4. The Morgan fingerprint density at radius 3 is 2.35 bits per heavy atom. The van der Waals surface area contributed by atoms with Crippen LogP contribution in [0.15, 0.2) is 41.0 Å². The van der Waals surface area contributed by atoms with Gasteiger partial charge in [-0.15, -0.1) is 0 Å². The summed E-state index contributed by atoms with van der Waals surface area (Å²) in [6, 6.07) is 6.89. The first-order valence-corrected chi connectivity index (χ1v) is 17.8. The van der Waals surface area contributed by atoms with E-state index in [0.717, 1.165) is 47.9 Å². The first-order chi connectivity index (χ1) is 24.4. The minimum absolute atomic E-state index is 0.00323. The van der Waals surface area contributed by atoms with Crippen molar-refractivity contribution in [2.45, 2.75) is 123 Å². The molecule has 13 nitrogen and oxygen atoms in total. The van der Waals surface area contributed by atoms with Gasteiger partial charge in [0.2, 0.25) is 11.8 Å². The van der Waals surface area contributed by atoms with Gasteiger partial charge in [-0.3, -0.25) is 9.59 Å². The first kappa shape index (κ1) is 38.2. The Hall–Kier alpha value is -5.07. The predicted molar refractivity (Wildman–Crippen MR) is 197 cm³/mol. The van der Waals surface area contributed by atoms with Crippen molar-refractivity contribution in [2.24, 2.45) is 0 Å². The van der Waals surface area contributed by atoms with Crippen LogP contribution in [0.25, 0.3) is 17.0 Å². The molecule has 1 fully saturated rings. The molecule has 0 unspecified atom stereocenters.